The molecule has 0 fully saturated rings. The molecular weight excluding hydrogens is 300 g/mol. The lowest BCUT2D eigenvalue weighted by Gasteiger charge is -2.15. The molecule has 0 heterocycles. The highest BCUT2D eigenvalue weighted by Gasteiger charge is 2.20. The molecular formula is C18H19ClO3. The first kappa shape index (κ1) is 16.4. The van der Waals surface area contributed by atoms with Gasteiger partial charge in [0.25, 0.3) is 0 Å². The van der Waals surface area contributed by atoms with Crippen molar-refractivity contribution in [2.45, 2.75) is 26.2 Å². The third-order valence-corrected chi connectivity index (χ3v) is 3.79. The van der Waals surface area contributed by atoms with E-state index in [-0.39, 0.29) is 0 Å². The molecule has 22 heavy (non-hydrogen) atoms. The second-order valence-corrected chi connectivity index (χ2v) is 5.79. The minimum atomic E-state index is -0.869. The summed E-state index contributed by atoms with van der Waals surface area (Å²) in [4.78, 5) is 11.5. The van der Waals surface area contributed by atoms with Crippen molar-refractivity contribution in [3.8, 4) is 5.75 Å². The smallest absolute Gasteiger partial charge is 0.311 e. The number of aryl methyl sites for hydroxylation is 2. The molecule has 0 aliphatic carbocycles. The highest BCUT2D eigenvalue weighted by molar-refractivity contribution is 6.30. The monoisotopic (exact) mass is 318 g/mol. The van der Waals surface area contributed by atoms with Crippen LogP contribution in [0.25, 0.3) is 0 Å². The van der Waals surface area contributed by atoms with E-state index < -0.39 is 11.9 Å². The van der Waals surface area contributed by atoms with Gasteiger partial charge in [-0.3, -0.25) is 4.79 Å². The van der Waals surface area contributed by atoms with Crippen molar-refractivity contribution in [3.63, 3.8) is 0 Å². The van der Waals surface area contributed by atoms with E-state index in [0.29, 0.717) is 23.6 Å². The van der Waals surface area contributed by atoms with Crippen LogP contribution in [0, 0.1) is 13.8 Å². The molecule has 0 aliphatic rings. The molecule has 116 valence electrons. The van der Waals surface area contributed by atoms with E-state index in [1.165, 1.54) is 0 Å². The van der Waals surface area contributed by atoms with E-state index in [2.05, 4.69) is 0 Å². The molecule has 0 amide bonds. The normalized spacial score (nSPS) is 12.0. The Hall–Kier alpha value is -2.00. The van der Waals surface area contributed by atoms with Gasteiger partial charge in [0, 0.05) is 5.02 Å². The summed E-state index contributed by atoms with van der Waals surface area (Å²) >= 11 is 5.94. The number of benzene rings is 2. The Balaban J connectivity index is 2.04. The maximum Gasteiger partial charge on any atom is 0.311 e. The number of carboxylic acid groups (broad SMARTS) is 1. The number of rotatable bonds is 6. The molecule has 0 saturated heterocycles. The first-order valence-corrected chi connectivity index (χ1v) is 7.53. The fourth-order valence-electron chi connectivity index (χ4n) is 2.31. The summed E-state index contributed by atoms with van der Waals surface area (Å²) < 4.78 is 5.75. The van der Waals surface area contributed by atoms with Crippen LogP contribution in [-0.2, 0) is 4.79 Å². The molecule has 1 N–H and O–H groups in total. The molecule has 0 bridgehead atoms. The molecule has 2 aromatic rings. The van der Waals surface area contributed by atoms with Crippen molar-refractivity contribution in [1.29, 1.82) is 0 Å². The zero-order valence-electron chi connectivity index (χ0n) is 12.7. The fraction of sp³-hybridized carbons (Fsp3) is 0.278. The van der Waals surface area contributed by atoms with E-state index in [4.69, 9.17) is 16.3 Å². The van der Waals surface area contributed by atoms with Crippen molar-refractivity contribution in [2.75, 3.05) is 6.61 Å². The van der Waals surface area contributed by atoms with Gasteiger partial charge >= 0.3 is 5.97 Å². The van der Waals surface area contributed by atoms with Gasteiger partial charge in [-0.1, -0.05) is 35.9 Å². The number of ether oxygens (including phenoxy) is 1. The molecule has 0 spiro atoms. The average molecular weight is 319 g/mol. The summed E-state index contributed by atoms with van der Waals surface area (Å²) in [6.45, 7) is 4.31. The van der Waals surface area contributed by atoms with E-state index in [1.807, 2.05) is 32.0 Å². The predicted octanol–water partition coefficient (Wildman–Crippen LogP) is 4.59. The number of carbonyl (C=O) groups is 1. The van der Waals surface area contributed by atoms with Gasteiger partial charge in [-0.15, -0.1) is 0 Å². The number of carboxylic acids is 1. The molecule has 0 aromatic heterocycles. The predicted molar refractivity (Wildman–Crippen MR) is 87.9 cm³/mol. The Morgan fingerprint density at radius 3 is 2.68 bits per heavy atom. The lowest BCUT2D eigenvalue weighted by atomic mass is 9.96. The quantitative estimate of drug-likeness (QED) is 0.847. The van der Waals surface area contributed by atoms with Gasteiger partial charge in [-0.25, -0.2) is 0 Å². The van der Waals surface area contributed by atoms with Gasteiger partial charge in [0.1, 0.15) is 5.75 Å². The maximum absolute atomic E-state index is 11.5. The lowest BCUT2D eigenvalue weighted by Crippen LogP contribution is -2.15. The van der Waals surface area contributed by atoms with Crippen LogP contribution in [0.5, 0.6) is 5.75 Å². The van der Waals surface area contributed by atoms with Crippen LogP contribution in [0.4, 0.5) is 0 Å². The molecule has 3 nitrogen and oxygen atoms in total. The molecule has 0 aliphatic heterocycles. The van der Waals surface area contributed by atoms with Crippen LogP contribution in [0.2, 0.25) is 5.02 Å². The molecule has 2 rings (SSSR count). The van der Waals surface area contributed by atoms with Crippen LogP contribution in [-0.4, -0.2) is 17.7 Å². The standard InChI is InChI=1S/C18H19ClO3/c1-12-6-7-13(2)17(10-12)22-9-8-16(18(20)21)14-4-3-5-15(19)11-14/h3-7,10-11,16H,8-9H2,1-2H3,(H,20,21). The summed E-state index contributed by atoms with van der Waals surface area (Å²) in [5.41, 5.74) is 2.86. The van der Waals surface area contributed by atoms with Crippen molar-refractivity contribution < 1.29 is 14.6 Å². The third-order valence-electron chi connectivity index (χ3n) is 3.56. The Morgan fingerprint density at radius 2 is 2.00 bits per heavy atom. The number of aliphatic carboxylic acids is 1. The molecule has 0 saturated carbocycles. The topological polar surface area (TPSA) is 46.5 Å². The van der Waals surface area contributed by atoms with Gasteiger partial charge < -0.3 is 9.84 Å². The largest absolute Gasteiger partial charge is 0.493 e. The van der Waals surface area contributed by atoms with Crippen molar-refractivity contribution in [3.05, 3.63) is 64.2 Å². The second kappa shape index (κ2) is 7.32. The first-order valence-electron chi connectivity index (χ1n) is 7.15. The number of hydrogen-bond acceptors (Lipinski definition) is 2. The minimum absolute atomic E-state index is 0.341. The lowest BCUT2D eigenvalue weighted by molar-refractivity contribution is -0.139. The van der Waals surface area contributed by atoms with Crippen molar-refractivity contribution in [1.82, 2.24) is 0 Å². The highest BCUT2D eigenvalue weighted by atomic mass is 35.5. The zero-order chi connectivity index (χ0) is 16.1. The molecule has 1 unspecified atom stereocenters. The third kappa shape index (κ3) is 4.25. The summed E-state index contributed by atoms with van der Waals surface area (Å²) in [7, 11) is 0. The van der Waals surface area contributed by atoms with Gasteiger partial charge in [-0.05, 0) is 55.2 Å². The van der Waals surface area contributed by atoms with Crippen LogP contribution in [0.15, 0.2) is 42.5 Å². The molecule has 1 atom stereocenters. The van der Waals surface area contributed by atoms with Crippen LogP contribution >= 0.6 is 11.6 Å². The second-order valence-electron chi connectivity index (χ2n) is 5.35. The Morgan fingerprint density at radius 1 is 1.23 bits per heavy atom. The van der Waals surface area contributed by atoms with E-state index in [0.717, 1.165) is 16.9 Å². The number of halogens is 1. The van der Waals surface area contributed by atoms with E-state index in [1.54, 1.807) is 24.3 Å². The minimum Gasteiger partial charge on any atom is -0.493 e. The first-order chi connectivity index (χ1) is 10.5. The average Bonchev–Trinajstić information content (AvgIpc) is 2.46. The Bertz CT molecular complexity index is 667. The summed E-state index contributed by atoms with van der Waals surface area (Å²) in [6, 6.07) is 12.9. The fourth-order valence-corrected chi connectivity index (χ4v) is 2.50. The summed E-state index contributed by atoms with van der Waals surface area (Å²) in [6.07, 6.45) is 0.392. The summed E-state index contributed by atoms with van der Waals surface area (Å²) in [5.74, 6) is -0.689. The zero-order valence-corrected chi connectivity index (χ0v) is 13.4. The van der Waals surface area contributed by atoms with Gasteiger partial charge in [0.2, 0.25) is 0 Å². The van der Waals surface area contributed by atoms with Crippen molar-refractivity contribution >= 4 is 17.6 Å². The maximum atomic E-state index is 11.5. The van der Waals surface area contributed by atoms with E-state index >= 15 is 0 Å². The van der Waals surface area contributed by atoms with Crippen LogP contribution < -0.4 is 4.74 Å². The highest BCUT2D eigenvalue weighted by Crippen LogP contribution is 2.25. The van der Waals surface area contributed by atoms with Crippen LogP contribution in [0.1, 0.15) is 29.0 Å². The molecule has 2 aromatic carbocycles. The number of hydrogen-bond donors (Lipinski definition) is 1. The van der Waals surface area contributed by atoms with Gasteiger partial charge in [0.15, 0.2) is 0 Å². The Kier molecular flexibility index (Phi) is 5.45. The molecule has 4 heteroatoms. The van der Waals surface area contributed by atoms with Gasteiger partial charge in [0.05, 0.1) is 12.5 Å². The SMILES string of the molecule is Cc1ccc(C)c(OCCC(C(=O)O)c2cccc(Cl)c2)c1. The van der Waals surface area contributed by atoms with E-state index in [9.17, 15) is 9.90 Å². The van der Waals surface area contributed by atoms with Crippen molar-refractivity contribution in [2.24, 2.45) is 0 Å². The Labute approximate surface area is 135 Å². The summed E-state index contributed by atoms with van der Waals surface area (Å²) in [5, 5.41) is 9.96. The van der Waals surface area contributed by atoms with Crippen LogP contribution in [0.3, 0.4) is 0 Å². The molecule has 0 radical (unpaired) electrons. The van der Waals surface area contributed by atoms with Gasteiger partial charge in [-0.2, -0.15) is 0 Å².